The highest BCUT2D eigenvalue weighted by atomic mass is 16.5. The number of carbonyl (C=O) groups excluding carboxylic acids is 2. The van der Waals surface area contributed by atoms with Crippen molar-refractivity contribution in [1.82, 2.24) is 5.32 Å². The molecule has 1 fully saturated rings. The molecule has 6 nitrogen and oxygen atoms in total. The molecule has 2 amide bonds. The van der Waals surface area contributed by atoms with Gasteiger partial charge in [-0.25, -0.2) is 0 Å². The van der Waals surface area contributed by atoms with Crippen LogP contribution in [0.25, 0.3) is 0 Å². The third kappa shape index (κ3) is 4.27. The van der Waals surface area contributed by atoms with Gasteiger partial charge in [-0.3, -0.25) is 9.59 Å². The summed E-state index contributed by atoms with van der Waals surface area (Å²) < 4.78 is 10.8. The van der Waals surface area contributed by atoms with E-state index in [0.717, 1.165) is 22.7 Å². The van der Waals surface area contributed by atoms with E-state index in [-0.39, 0.29) is 30.2 Å². The number of benzene rings is 2. The maximum atomic E-state index is 12.7. The normalized spacial score (nSPS) is 17.3. The average Bonchev–Trinajstić information content (AvgIpc) is 3.10. The van der Waals surface area contributed by atoms with E-state index in [2.05, 4.69) is 5.32 Å². The van der Waals surface area contributed by atoms with Gasteiger partial charge in [0.1, 0.15) is 11.5 Å². The summed E-state index contributed by atoms with van der Waals surface area (Å²) >= 11 is 0. The number of carbonyl (C=O) groups is 2. The molecule has 148 valence electrons. The summed E-state index contributed by atoms with van der Waals surface area (Å²) in [7, 11) is 1.61. The first-order valence-electron chi connectivity index (χ1n) is 9.50. The Kier molecular flexibility index (Phi) is 6.19. The van der Waals surface area contributed by atoms with Crippen LogP contribution in [0.15, 0.2) is 48.5 Å². The zero-order chi connectivity index (χ0) is 20.1. The summed E-state index contributed by atoms with van der Waals surface area (Å²) in [6.45, 7) is 4.80. The Morgan fingerprint density at radius 1 is 1.21 bits per heavy atom. The number of nitrogens with zero attached hydrogens (tertiary/aromatic N) is 1. The summed E-state index contributed by atoms with van der Waals surface area (Å²) in [5, 5.41) is 3.01. The Balaban J connectivity index is 1.64. The minimum absolute atomic E-state index is 0.0470. The molecule has 2 atom stereocenters. The molecule has 0 aliphatic carbocycles. The Bertz CT molecular complexity index is 835. The lowest BCUT2D eigenvalue weighted by molar-refractivity contribution is -0.126. The number of anilines is 1. The third-order valence-corrected chi connectivity index (χ3v) is 4.92. The molecule has 1 N–H and O–H groups in total. The van der Waals surface area contributed by atoms with Crippen molar-refractivity contribution in [2.75, 3.05) is 25.2 Å². The monoisotopic (exact) mass is 382 g/mol. The number of para-hydroxylation sites is 1. The summed E-state index contributed by atoms with van der Waals surface area (Å²) in [4.78, 5) is 26.9. The highest BCUT2D eigenvalue weighted by Crippen LogP contribution is 2.29. The molecule has 6 heteroatoms. The van der Waals surface area contributed by atoms with Crippen LogP contribution in [0.3, 0.4) is 0 Å². The Labute approximate surface area is 165 Å². The molecule has 2 aromatic rings. The lowest BCUT2D eigenvalue weighted by Crippen LogP contribution is -2.34. The molecule has 1 heterocycles. The van der Waals surface area contributed by atoms with Crippen LogP contribution in [0.2, 0.25) is 0 Å². The molecule has 2 aromatic carbocycles. The van der Waals surface area contributed by atoms with E-state index in [0.29, 0.717) is 13.2 Å². The van der Waals surface area contributed by atoms with Crippen LogP contribution < -0.4 is 19.7 Å². The highest BCUT2D eigenvalue weighted by Gasteiger charge is 2.35. The van der Waals surface area contributed by atoms with Crippen LogP contribution in [-0.2, 0) is 9.59 Å². The van der Waals surface area contributed by atoms with Crippen LogP contribution >= 0.6 is 0 Å². The van der Waals surface area contributed by atoms with Crippen LogP contribution in [-0.4, -0.2) is 32.1 Å². The number of amides is 2. The molecule has 3 rings (SSSR count). The van der Waals surface area contributed by atoms with Crippen LogP contribution in [0.5, 0.6) is 11.5 Å². The molecule has 0 radical (unpaired) electrons. The molecule has 28 heavy (non-hydrogen) atoms. The van der Waals surface area contributed by atoms with Crippen molar-refractivity contribution in [3.8, 4) is 11.5 Å². The zero-order valence-electron chi connectivity index (χ0n) is 16.5. The standard InChI is InChI=1S/C22H26N2O4/c1-4-28-18-11-9-17(10-12-18)24-14-16(13-21(24)25)22(26)23-15(2)19-7-5-6-8-20(19)27-3/h5-12,15-16H,4,13-14H2,1-3H3,(H,23,26). The first-order valence-corrected chi connectivity index (χ1v) is 9.50. The smallest absolute Gasteiger partial charge is 0.227 e. The van der Waals surface area contributed by atoms with Gasteiger partial charge in [-0.1, -0.05) is 18.2 Å². The summed E-state index contributed by atoms with van der Waals surface area (Å²) in [5.74, 6) is 0.942. The largest absolute Gasteiger partial charge is 0.496 e. The molecule has 2 unspecified atom stereocenters. The molecule has 1 aliphatic heterocycles. The number of hydrogen-bond donors (Lipinski definition) is 1. The van der Waals surface area contributed by atoms with Gasteiger partial charge in [0, 0.05) is 24.2 Å². The second-order valence-corrected chi connectivity index (χ2v) is 6.80. The van der Waals surface area contributed by atoms with Crippen molar-refractivity contribution in [3.05, 3.63) is 54.1 Å². The number of hydrogen-bond acceptors (Lipinski definition) is 4. The lowest BCUT2D eigenvalue weighted by Gasteiger charge is -2.20. The van der Waals surface area contributed by atoms with Crippen LogP contribution in [0.1, 0.15) is 31.9 Å². The third-order valence-electron chi connectivity index (χ3n) is 4.92. The lowest BCUT2D eigenvalue weighted by atomic mass is 10.0. The first-order chi connectivity index (χ1) is 13.5. The van der Waals surface area contributed by atoms with Crippen molar-refractivity contribution in [1.29, 1.82) is 0 Å². The second-order valence-electron chi connectivity index (χ2n) is 6.80. The molecule has 0 aromatic heterocycles. The molecule has 1 aliphatic rings. The van der Waals surface area contributed by atoms with Crippen LogP contribution in [0, 0.1) is 5.92 Å². The maximum absolute atomic E-state index is 12.7. The number of rotatable bonds is 7. The van der Waals surface area contributed by atoms with E-state index >= 15 is 0 Å². The quantitative estimate of drug-likeness (QED) is 0.798. The van der Waals surface area contributed by atoms with Gasteiger partial charge in [-0.15, -0.1) is 0 Å². The minimum Gasteiger partial charge on any atom is -0.496 e. The molecular weight excluding hydrogens is 356 g/mol. The van der Waals surface area contributed by atoms with Crippen molar-refractivity contribution in [2.24, 2.45) is 5.92 Å². The van der Waals surface area contributed by atoms with Gasteiger partial charge in [0.2, 0.25) is 11.8 Å². The molecule has 0 saturated carbocycles. The molecule has 1 saturated heterocycles. The second kappa shape index (κ2) is 8.78. The topological polar surface area (TPSA) is 67.9 Å². The Morgan fingerprint density at radius 2 is 1.93 bits per heavy atom. The van der Waals surface area contributed by atoms with Gasteiger partial charge in [0.15, 0.2) is 0 Å². The van der Waals surface area contributed by atoms with E-state index in [1.807, 2.05) is 62.4 Å². The summed E-state index contributed by atoms with van der Waals surface area (Å²) in [5.41, 5.74) is 1.69. The zero-order valence-corrected chi connectivity index (χ0v) is 16.5. The van der Waals surface area contributed by atoms with E-state index in [1.54, 1.807) is 12.0 Å². The number of methoxy groups -OCH3 is 1. The van der Waals surface area contributed by atoms with E-state index < -0.39 is 0 Å². The van der Waals surface area contributed by atoms with Gasteiger partial charge >= 0.3 is 0 Å². The predicted octanol–water partition coefficient (Wildman–Crippen LogP) is 3.32. The van der Waals surface area contributed by atoms with Crippen molar-refractivity contribution < 1.29 is 19.1 Å². The Hall–Kier alpha value is -3.02. The van der Waals surface area contributed by atoms with Crippen molar-refractivity contribution in [3.63, 3.8) is 0 Å². The van der Waals surface area contributed by atoms with Crippen LogP contribution in [0.4, 0.5) is 5.69 Å². The van der Waals surface area contributed by atoms with Gasteiger partial charge < -0.3 is 19.7 Å². The molecular formula is C22H26N2O4. The summed E-state index contributed by atoms with van der Waals surface area (Å²) in [6.07, 6.45) is 0.206. The highest BCUT2D eigenvalue weighted by molar-refractivity contribution is 6.00. The van der Waals surface area contributed by atoms with E-state index in [9.17, 15) is 9.59 Å². The fourth-order valence-corrected chi connectivity index (χ4v) is 3.45. The van der Waals surface area contributed by atoms with Crippen molar-refractivity contribution >= 4 is 17.5 Å². The first kappa shape index (κ1) is 19.7. The van der Waals surface area contributed by atoms with Gasteiger partial charge in [-0.05, 0) is 44.2 Å². The number of ether oxygens (including phenoxy) is 2. The molecule has 0 bridgehead atoms. The average molecular weight is 382 g/mol. The van der Waals surface area contributed by atoms with E-state index in [4.69, 9.17) is 9.47 Å². The maximum Gasteiger partial charge on any atom is 0.227 e. The fourth-order valence-electron chi connectivity index (χ4n) is 3.45. The minimum atomic E-state index is -0.378. The van der Waals surface area contributed by atoms with Crippen molar-refractivity contribution in [2.45, 2.75) is 26.3 Å². The van der Waals surface area contributed by atoms with E-state index in [1.165, 1.54) is 0 Å². The van der Waals surface area contributed by atoms with Gasteiger partial charge in [-0.2, -0.15) is 0 Å². The Morgan fingerprint density at radius 3 is 2.61 bits per heavy atom. The predicted molar refractivity (Wildman–Crippen MR) is 108 cm³/mol. The van der Waals surface area contributed by atoms with Gasteiger partial charge in [0.25, 0.3) is 0 Å². The summed E-state index contributed by atoms with van der Waals surface area (Å²) in [6, 6.07) is 14.8. The number of nitrogens with one attached hydrogen (secondary N) is 1. The molecule has 0 spiro atoms. The van der Waals surface area contributed by atoms with Gasteiger partial charge in [0.05, 0.1) is 25.7 Å². The fraction of sp³-hybridized carbons (Fsp3) is 0.364. The SMILES string of the molecule is CCOc1ccc(N2CC(C(=O)NC(C)c3ccccc3OC)CC2=O)cc1.